The first-order valence-electron chi connectivity index (χ1n) is 7.35. The van der Waals surface area contributed by atoms with Crippen molar-refractivity contribution in [2.45, 2.75) is 65.0 Å². The SMILES string of the molecule is CN1C(=O)CC(NC2CCC(C(C)(C)C)CC2)C1=O. The molecule has 0 aromatic heterocycles. The van der Waals surface area contributed by atoms with Gasteiger partial charge in [-0.1, -0.05) is 20.8 Å². The van der Waals surface area contributed by atoms with Crippen LogP contribution in [0.1, 0.15) is 52.9 Å². The van der Waals surface area contributed by atoms with Crippen molar-refractivity contribution < 1.29 is 9.59 Å². The second-order valence-corrected chi connectivity index (χ2v) is 7.13. The van der Waals surface area contributed by atoms with Crippen LogP contribution >= 0.6 is 0 Å². The molecule has 0 aromatic carbocycles. The molecule has 0 radical (unpaired) electrons. The average molecular weight is 266 g/mol. The molecule has 0 spiro atoms. The molecule has 1 N–H and O–H groups in total. The smallest absolute Gasteiger partial charge is 0.246 e. The van der Waals surface area contributed by atoms with Crippen molar-refractivity contribution in [3.63, 3.8) is 0 Å². The number of hydrogen-bond donors (Lipinski definition) is 1. The molecule has 1 aliphatic carbocycles. The highest BCUT2D eigenvalue weighted by molar-refractivity contribution is 6.05. The van der Waals surface area contributed by atoms with Crippen LogP contribution in [-0.2, 0) is 9.59 Å². The number of imide groups is 1. The molecule has 1 saturated carbocycles. The zero-order valence-electron chi connectivity index (χ0n) is 12.5. The summed E-state index contributed by atoms with van der Waals surface area (Å²) in [5.41, 5.74) is 0.379. The maximum atomic E-state index is 11.9. The van der Waals surface area contributed by atoms with Gasteiger partial charge in [-0.2, -0.15) is 0 Å². The molecule has 4 heteroatoms. The molecule has 2 amide bonds. The lowest BCUT2D eigenvalue weighted by Gasteiger charge is -2.37. The van der Waals surface area contributed by atoms with Crippen LogP contribution in [0.3, 0.4) is 0 Å². The van der Waals surface area contributed by atoms with Gasteiger partial charge in [-0.15, -0.1) is 0 Å². The number of rotatable bonds is 2. The number of carbonyl (C=O) groups is 2. The van der Waals surface area contributed by atoms with E-state index in [4.69, 9.17) is 0 Å². The summed E-state index contributed by atoms with van der Waals surface area (Å²) in [6.45, 7) is 6.92. The second kappa shape index (κ2) is 5.23. The predicted octanol–water partition coefficient (Wildman–Crippen LogP) is 1.94. The number of hydrogen-bond acceptors (Lipinski definition) is 3. The van der Waals surface area contributed by atoms with Crippen LogP contribution in [0.2, 0.25) is 0 Å². The maximum absolute atomic E-state index is 11.9. The fourth-order valence-electron chi connectivity index (χ4n) is 3.30. The van der Waals surface area contributed by atoms with Crippen LogP contribution in [0, 0.1) is 11.3 Å². The van der Waals surface area contributed by atoms with E-state index < -0.39 is 0 Å². The van der Waals surface area contributed by atoms with E-state index in [2.05, 4.69) is 26.1 Å². The van der Waals surface area contributed by atoms with Gasteiger partial charge in [0.05, 0.1) is 12.5 Å². The summed E-state index contributed by atoms with van der Waals surface area (Å²) in [6, 6.07) is 0.112. The van der Waals surface area contributed by atoms with Gasteiger partial charge in [-0.25, -0.2) is 0 Å². The van der Waals surface area contributed by atoms with E-state index in [1.165, 1.54) is 17.7 Å². The van der Waals surface area contributed by atoms with E-state index in [0.29, 0.717) is 17.9 Å². The monoisotopic (exact) mass is 266 g/mol. The average Bonchev–Trinajstić information content (AvgIpc) is 2.57. The van der Waals surface area contributed by atoms with E-state index in [1.807, 2.05) is 0 Å². The summed E-state index contributed by atoms with van der Waals surface area (Å²) in [4.78, 5) is 24.6. The van der Waals surface area contributed by atoms with Gasteiger partial charge in [0.25, 0.3) is 0 Å². The Labute approximate surface area is 115 Å². The molecule has 2 rings (SSSR count). The third-order valence-corrected chi connectivity index (χ3v) is 4.77. The van der Waals surface area contributed by atoms with Crippen LogP contribution in [0.5, 0.6) is 0 Å². The van der Waals surface area contributed by atoms with Gasteiger partial charge in [-0.3, -0.25) is 14.5 Å². The maximum Gasteiger partial charge on any atom is 0.246 e. The van der Waals surface area contributed by atoms with Crippen molar-refractivity contribution in [1.29, 1.82) is 0 Å². The first-order chi connectivity index (χ1) is 8.79. The van der Waals surface area contributed by atoms with Crippen molar-refractivity contribution in [3.8, 4) is 0 Å². The molecule has 19 heavy (non-hydrogen) atoms. The van der Waals surface area contributed by atoms with Crippen LogP contribution in [0.15, 0.2) is 0 Å². The summed E-state index contributed by atoms with van der Waals surface area (Å²) < 4.78 is 0. The summed E-state index contributed by atoms with van der Waals surface area (Å²) in [5, 5.41) is 3.39. The molecule has 1 saturated heterocycles. The number of nitrogens with zero attached hydrogens (tertiary/aromatic N) is 1. The standard InChI is InChI=1S/C15H26N2O2/c1-15(2,3)10-5-7-11(8-6-10)16-12-9-13(18)17(4)14(12)19/h10-12,16H,5-9H2,1-4H3. The van der Waals surface area contributed by atoms with Crippen molar-refractivity contribution in [1.82, 2.24) is 10.2 Å². The van der Waals surface area contributed by atoms with E-state index in [9.17, 15) is 9.59 Å². The van der Waals surface area contributed by atoms with Crippen LogP contribution < -0.4 is 5.32 Å². The molecule has 1 heterocycles. The molecule has 108 valence electrons. The zero-order valence-corrected chi connectivity index (χ0v) is 12.5. The lowest BCUT2D eigenvalue weighted by molar-refractivity contribution is -0.137. The summed E-state index contributed by atoms with van der Waals surface area (Å²) in [6.07, 6.45) is 4.99. The summed E-state index contributed by atoms with van der Waals surface area (Å²) >= 11 is 0. The Bertz CT molecular complexity index is 365. The lowest BCUT2D eigenvalue weighted by Crippen LogP contribution is -2.45. The van der Waals surface area contributed by atoms with Gasteiger partial charge in [-0.05, 0) is 37.0 Å². The van der Waals surface area contributed by atoms with Gasteiger partial charge in [0.15, 0.2) is 0 Å². The van der Waals surface area contributed by atoms with Crippen molar-refractivity contribution in [2.24, 2.45) is 11.3 Å². The molecule has 4 nitrogen and oxygen atoms in total. The van der Waals surface area contributed by atoms with Gasteiger partial charge >= 0.3 is 0 Å². The van der Waals surface area contributed by atoms with Crippen molar-refractivity contribution >= 4 is 11.8 Å². The fraction of sp³-hybridized carbons (Fsp3) is 0.867. The highest BCUT2D eigenvalue weighted by Crippen LogP contribution is 2.37. The molecule has 1 unspecified atom stereocenters. The van der Waals surface area contributed by atoms with Gasteiger partial charge in [0, 0.05) is 13.1 Å². The van der Waals surface area contributed by atoms with Gasteiger partial charge in [0.2, 0.25) is 11.8 Å². The molecule has 1 aliphatic heterocycles. The highest BCUT2D eigenvalue weighted by atomic mass is 16.2. The molecule has 0 aromatic rings. The van der Waals surface area contributed by atoms with Crippen LogP contribution in [0.4, 0.5) is 0 Å². The minimum Gasteiger partial charge on any atom is -0.303 e. The molecule has 1 atom stereocenters. The van der Waals surface area contributed by atoms with E-state index in [0.717, 1.165) is 18.8 Å². The third-order valence-electron chi connectivity index (χ3n) is 4.77. The molecule has 0 bridgehead atoms. The Balaban J connectivity index is 1.84. The predicted molar refractivity (Wildman–Crippen MR) is 74.5 cm³/mol. The van der Waals surface area contributed by atoms with Gasteiger partial charge in [0.1, 0.15) is 0 Å². The number of likely N-dealkylation sites (N-methyl/N-ethyl adjacent to an activating group) is 1. The zero-order chi connectivity index (χ0) is 14.2. The Hall–Kier alpha value is -0.900. The number of amides is 2. The Morgan fingerprint density at radius 1 is 1.11 bits per heavy atom. The van der Waals surface area contributed by atoms with Gasteiger partial charge < -0.3 is 5.32 Å². The topological polar surface area (TPSA) is 49.4 Å². The first kappa shape index (κ1) is 14.5. The Morgan fingerprint density at radius 3 is 2.11 bits per heavy atom. The third kappa shape index (κ3) is 3.16. The van der Waals surface area contributed by atoms with E-state index >= 15 is 0 Å². The van der Waals surface area contributed by atoms with E-state index in [1.54, 1.807) is 7.05 Å². The number of carbonyl (C=O) groups excluding carboxylic acids is 2. The summed E-state index contributed by atoms with van der Waals surface area (Å²) in [7, 11) is 1.57. The Morgan fingerprint density at radius 2 is 1.68 bits per heavy atom. The van der Waals surface area contributed by atoms with Crippen LogP contribution in [0.25, 0.3) is 0 Å². The van der Waals surface area contributed by atoms with Crippen LogP contribution in [-0.4, -0.2) is 35.8 Å². The number of nitrogens with one attached hydrogen (secondary N) is 1. The Kier molecular flexibility index (Phi) is 4.00. The second-order valence-electron chi connectivity index (χ2n) is 7.13. The normalized spacial score (nSPS) is 33.1. The molecular weight excluding hydrogens is 240 g/mol. The molecule has 2 aliphatic rings. The largest absolute Gasteiger partial charge is 0.303 e. The first-order valence-corrected chi connectivity index (χ1v) is 7.35. The summed E-state index contributed by atoms with van der Waals surface area (Å²) in [5.74, 6) is 0.642. The molecular formula is C15H26N2O2. The minimum absolute atomic E-state index is 0.0640. The van der Waals surface area contributed by atoms with Crippen molar-refractivity contribution in [3.05, 3.63) is 0 Å². The highest BCUT2D eigenvalue weighted by Gasteiger charge is 2.38. The van der Waals surface area contributed by atoms with Crippen molar-refractivity contribution in [2.75, 3.05) is 7.05 Å². The minimum atomic E-state index is -0.284. The quantitative estimate of drug-likeness (QED) is 0.777. The van der Waals surface area contributed by atoms with E-state index in [-0.39, 0.29) is 17.9 Å². The number of likely N-dealkylation sites (tertiary alicyclic amines) is 1. The fourth-order valence-corrected chi connectivity index (χ4v) is 3.30. The lowest BCUT2D eigenvalue weighted by atomic mass is 9.71. The molecule has 2 fully saturated rings.